The van der Waals surface area contributed by atoms with E-state index in [1.165, 1.54) is 16.7 Å². The van der Waals surface area contributed by atoms with Crippen molar-refractivity contribution in [2.75, 3.05) is 5.32 Å². The Morgan fingerprint density at radius 2 is 1.85 bits per heavy atom. The summed E-state index contributed by atoms with van der Waals surface area (Å²) in [4.78, 5) is 12.7. The number of rotatable bonds is 0. The predicted octanol–water partition coefficient (Wildman–Crippen LogP) is 3.24. The normalized spacial score (nSPS) is 32.3. The molecule has 1 heterocycles. The number of anilines is 1. The second kappa shape index (κ2) is 3.32. The first kappa shape index (κ1) is 10.7. The van der Waals surface area contributed by atoms with E-state index in [2.05, 4.69) is 41.7 Å². The van der Waals surface area contributed by atoms with E-state index in [1.54, 1.807) is 0 Å². The molecule has 1 aliphatic heterocycles. The van der Waals surface area contributed by atoms with Crippen molar-refractivity contribution >= 4 is 11.6 Å². The number of hydrogen-bond donors (Lipinski definition) is 1. The number of benzene rings is 2. The maximum absolute atomic E-state index is 12.7. The molecule has 1 N–H and O–H groups in total. The van der Waals surface area contributed by atoms with Crippen LogP contribution in [-0.4, -0.2) is 5.91 Å². The van der Waals surface area contributed by atoms with Crippen LogP contribution in [0, 0.1) is 5.92 Å². The number of aryl methyl sites for hydroxylation is 1. The fourth-order valence-corrected chi connectivity index (χ4v) is 4.67. The van der Waals surface area contributed by atoms with Gasteiger partial charge in [-0.05, 0) is 41.5 Å². The monoisotopic (exact) mass is 261 g/mol. The minimum Gasteiger partial charge on any atom is -0.325 e. The number of amides is 1. The second-order valence-corrected chi connectivity index (χ2v) is 6.19. The third kappa shape index (κ3) is 1.02. The first-order valence-electron chi connectivity index (χ1n) is 7.32. The lowest BCUT2D eigenvalue weighted by Crippen LogP contribution is -2.22. The zero-order chi connectivity index (χ0) is 13.3. The lowest BCUT2D eigenvalue weighted by atomic mass is 9.90. The van der Waals surface area contributed by atoms with Gasteiger partial charge in [-0.1, -0.05) is 42.5 Å². The summed E-state index contributed by atoms with van der Waals surface area (Å²) in [5.41, 5.74) is 4.79. The molecule has 2 nitrogen and oxygen atoms in total. The fourth-order valence-electron chi connectivity index (χ4n) is 4.67. The first-order chi connectivity index (χ1) is 9.83. The van der Waals surface area contributed by atoms with Gasteiger partial charge in [0.1, 0.15) is 0 Å². The number of carbonyl (C=O) groups excluding carboxylic acids is 1. The highest BCUT2D eigenvalue weighted by Gasteiger charge is 2.73. The highest BCUT2D eigenvalue weighted by Crippen LogP contribution is 2.72. The van der Waals surface area contributed by atoms with Crippen molar-refractivity contribution in [1.82, 2.24) is 0 Å². The number of para-hydroxylation sites is 1. The Morgan fingerprint density at radius 3 is 2.80 bits per heavy atom. The number of hydrogen-bond acceptors (Lipinski definition) is 1. The van der Waals surface area contributed by atoms with Crippen molar-refractivity contribution in [2.45, 2.75) is 24.2 Å². The number of fused-ring (bicyclic) bond motifs is 7. The molecule has 2 aliphatic carbocycles. The van der Waals surface area contributed by atoms with Gasteiger partial charge in [0.05, 0.1) is 5.41 Å². The Hall–Kier alpha value is -2.09. The van der Waals surface area contributed by atoms with Crippen molar-refractivity contribution in [3.63, 3.8) is 0 Å². The SMILES string of the molecule is O=C1Nc2ccccc2C12C1CCc3ccccc3C12. The van der Waals surface area contributed by atoms with Gasteiger partial charge in [-0.25, -0.2) is 0 Å². The Balaban J connectivity index is 1.73. The van der Waals surface area contributed by atoms with Crippen LogP contribution in [0.3, 0.4) is 0 Å². The Kier molecular flexibility index (Phi) is 1.77. The van der Waals surface area contributed by atoms with Gasteiger partial charge in [-0.3, -0.25) is 4.79 Å². The van der Waals surface area contributed by atoms with Crippen molar-refractivity contribution in [3.05, 3.63) is 65.2 Å². The van der Waals surface area contributed by atoms with Gasteiger partial charge in [0.15, 0.2) is 0 Å². The van der Waals surface area contributed by atoms with Crippen LogP contribution in [0.1, 0.15) is 29.0 Å². The maximum atomic E-state index is 12.7. The van der Waals surface area contributed by atoms with Crippen molar-refractivity contribution in [3.8, 4) is 0 Å². The van der Waals surface area contributed by atoms with Gasteiger partial charge >= 0.3 is 0 Å². The lowest BCUT2D eigenvalue weighted by molar-refractivity contribution is -0.118. The summed E-state index contributed by atoms with van der Waals surface area (Å²) in [6.07, 6.45) is 2.23. The molecule has 2 heteroatoms. The molecule has 98 valence electrons. The minimum absolute atomic E-state index is 0.213. The van der Waals surface area contributed by atoms with Crippen LogP contribution in [0.4, 0.5) is 5.69 Å². The van der Waals surface area contributed by atoms with E-state index in [-0.39, 0.29) is 11.3 Å². The van der Waals surface area contributed by atoms with Gasteiger partial charge in [-0.2, -0.15) is 0 Å². The summed E-state index contributed by atoms with van der Waals surface area (Å²) in [6.45, 7) is 0. The zero-order valence-corrected chi connectivity index (χ0v) is 11.1. The van der Waals surface area contributed by atoms with Crippen LogP contribution in [-0.2, 0) is 16.6 Å². The molecule has 3 unspecified atom stereocenters. The van der Waals surface area contributed by atoms with Crippen molar-refractivity contribution in [1.29, 1.82) is 0 Å². The maximum Gasteiger partial charge on any atom is 0.236 e. The van der Waals surface area contributed by atoms with Crippen LogP contribution in [0.5, 0.6) is 0 Å². The molecular weight excluding hydrogens is 246 g/mol. The molecule has 2 aromatic carbocycles. The second-order valence-electron chi connectivity index (χ2n) is 6.19. The summed E-state index contributed by atoms with van der Waals surface area (Å²) >= 11 is 0. The van der Waals surface area contributed by atoms with Crippen LogP contribution < -0.4 is 5.32 Å². The van der Waals surface area contributed by atoms with E-state index < -0.39 is 0 Å². The Labute approximate surface area is 117 Å². The molecule has 0 saturated heterocycles. The van der Waals surface area contributed by atoms with E-state index in [4.69, 9.17) is 0 Å². The molecule has 3 atom stereocenters. The number of carbonyl (C=O) groups is 1. The quantitative estimate of drug-likeness (QED) is 0.775. The molecule has 2 aromatic rings. The third-order valence-corrected chi connectivity index (χ3v) is 5.48. The van der Waals surface area contributed by atoms with Gasteiger partial charge in [-0.15, -0.1) is 0 Å². The molecule has 0 bridgehead atoms. The van der Waals surface area contributed by atoms with E-state index in [9.17, 15) is 4.79 Å². The summed E-state index contributed by atoms with van der Waals surface area (Å²) in [5.74, 6) is 1.09. The molecule has 0 aromatic heterocycles. The number of nitrogens with one attached hydrogen (secondary N) is 1. The van der Waals surface area contributed by atoms with Crippen LogP contribution in [0.15, 0.2) is 48.5 Å². The highest BCUT2D eigenvalue weighted by molar-refractivity contribution is 6.10. The van der Waals surface area contributed by atoms with E-state index in [0.717, 1.165) is 18.5 Å². The Bertz CT molecular complexity index is 751. The minimum atomic E-state index is -0.275. The van der Waals surface area contributed by atoms with E-state index in [0.29, 0.717) is 11.8 Å². The van der Waals surface area contributed by atoms with Gasteiger partial charge in [0.2, 0.25) is 5.91 Å². The van der Waals surface area contributed by atoms with Gasteiger partial charge in [0.25, 0.3) is 0 Å². The molecule has 5 rings (SSSR count). The highest BCUT2D eigenvalue weighted by atomic mass is 16.2. The predicted molar refractivity (Wildman–Crippen MR) is 77.7 cm³/mol. The largest absolute Gasteiger partial charge is 0.325 e. The summed E-state index contributed by atoms with van der Waals surface area (Å²) < 4.78 is 0. The molecule has 1 fully saturated rings. The molecule has 3 aliphatic rings. The van der Waals surface area contributed by atoms with Crippen LogP contribution in [0.2, 0.25) is 0 Å². The molecule has 0 radical (unpaired) electrons. The van der Waals surface area contributed by atoms with E-state index >= 15 is 0 Å². The van der Waals surface area contributed by atoms with Crippen LogP contribution in [0.25, 0.3) is 0 Å². The average Bonchev–Trinajstić information content (AvgIpc) is 3.09. The van der Waals surface area contributed by atoms with Gasteiger partial charge in [0, 0.05) is 11.6 Å². The lowest BCUT2D eigenvalue weighted by Gasteiger charge is -2.13. The standard InChI is InChI=1S/C18H15NO/c20-17-18(13-7-3-4-8-15(13)19-17)14-10-9-11-5-1-2-6-12(11)16(14)18/h1-8,14,16H,9-10H2,(H,19,20). The zero-order valence-electron chi connectivity index (χ0n) is 11.1. The molecule has 20 heavy (non-hydrogen) atoms. The third-order valence-electron chi connectivity index (χ3n) is 5.48. The molecule has 1 saturated carbocycles. The van der Waals surface area contributed by atoms with Gasteiger partial charge < -0.3 is 5.32 Å². The topological polar surface area (TPSA) is 29.1 Å². The summed E-state index contributed by atoms with van der Waals surface area (Å²) in [7, 11) is 0. The fraction of sp³-hybridized carbons (Fsp3) is 0.278. The average molecular weight is 261 g/mol. The summed E-state index contributed by atoms with van der Waals surface area (Å²) in [5, 5.41) is 3.10. The van der Waals surface area contributed by atoms with E-state index in [1.807, 2.05) is 12.1 Å². The first-order valence-corrected chi connectivity index (χ1v) is 7.32. The summed E-state index contributed by atoms with van der Waals surface area (Å²) in [6, 6.07) is 16.9. The Morgan fingerprint density at radius 1 is 1.05 bits per heavy atom. The molecule has 1 spiro atoms. The van der Waals surface area contributed by atoms with Crippen molar-refractivity contribution < 1.29 is 4.79 Å². The van der Waals surface area contributed by atoms with Crippen LogP contribution >= 0.6 is 0 Å². The molecular formula is C18H15NO. The van der Waals surface area contributed by atoms with Crippen molar-refractivity contribution in [2.24, 2.45) is 5.92 Å². The smallest absolute Gasteiger partial charge is 0.236 e. The molecule has 1 amide bonds.